The molecule has 92 valence electrons. The Balaban J connectivity index is 1.94. The van der Waals surface area contributed by atoms with Gasteiger partial charge in [0.1, 0.15) is 5.75 Å². The first-order chi connectivity index (χ1) is 8.66. The fraction of sp³-hybridized carbons (Fsp3) is 0.0833. The Hall–Kier alpha value is -2.63. The van der Waals surface area contributed by atoms with Crippen LogP contribution in [-0.2, 0) is 0 Å². The number of ether oxygens (including phenoxy) is 1. The molecule has 0 bridgehead atoms. The van der Waals surface area contributed by atoms with Gasteiger partial charge in [0.25, 0.3) is 5.69 Å². The molecule has 2 aromatic rings. The summed E-state index contributed by atoms with van der Waals surface area (Å²) in [6.45, 7) is -0.113. The summed E-state index contributed by atoms with van der Waals surface area (Å²) in [5, 5.41) is 10.4. The van der Waals surface area contributed by atoms with E-state index in [4.69, 9.17) is 4.74 Å². The molecule has 0 saturated heterocycles. The number of non-ortho nitro benzene ring substituents is 1. The predicted octanol–water partition coefficient (Wildman–Crippen LogP) is 2.18. The van der Waals surface area contributed by atoms with Crippen molar-refractivity contribution in [3.8, 4) is 5.75 Å². The second-order valence-electron chi connectivity index (χ2n) is 3.55. The minimum Gasteiger partial charge on any atom is -0.485 e. The van der Waals surface area contributed by atoms with Gasteiger partial charge < -0.3 is 9.72 Å². The lowest BCUT2D eigenvalue weighted by molar-refractivity contribution is -0.384. The van der Waals surface area contributed by atoms with Crippen LogP contribution < -0.4 is 4.74 Å². The molecule has 1 aromatic carbocycles. The zero-order valence-electron chi connectivity index (χ0n) is 9.33. The zero-order chi connectivity index (χ0) is 13.0. The van der Waals surface area contributed by atoms with Crippen molar-refractivity contribution in [2.75, 3.05) is 6.61 Å². The van der Waals surface area contributed by atoms with Crippen molar-refractivity contribution in [2.24, 2.45) is 0 Å². The second kappa shape index (κ2) is 5.13. The molecule has 0 aliphatic rings. The van der Waals surface area contributed by atoms with E-state index in [-0.39, 0.29) is 18.1 Å². The zero-order valence-corrected chi connectivity index (χ0v) is 9.33. The fourth-order valence-corrected chi connectivity index (χ4v) is 1.39. The van der Waals surface area contributed by atoms with Crippen LogP contribution in [-0.4, -0.2) is 22.3 Å². The molecular weight excluding hydrogens is 236 g/mol. The number of ketones is 1. The summed E-state index contributed by atoms with van der Waals surface area (Å²) in [6.07, 6.45) is 1.65. The molecule has 1 aromatic heterocycles. The van der Waals surface area contributed by atoms with Crippen molar-refractivity contribution in [2.45, 2.75) is 0 Å². The van der Waals surface area contributed by atoms with Crippen LogP contribution in [0.5, 0.6) is 5.75 Å². The van der Waals surface area contributed by atoms with Gasteiger partial charge in [-0.2, -0.15) is 0 Å². The summed E-state index contributed by atoms with van der Waals surface area (Å²) < 4.78 is 5.23. The van der Waals surface area contributed by atoms with Gasteiger partial charge in [-0.15, -0.1) is 0 Å². The number of carbonyl (C=O) groups excluding carboxylic acids is 1. The molecule has 1 heterocycles. The average molecular weight is 246 g/mol. The highest BCUT2D eigenvalue weighted by Crippen LogP contribution is 2.17. The molecule has 18 heavy (non-hydrogen) atoms. The number of hydrogen-bond donors (Lipinski definition) is 1. The lowest BCUT2D eigenvalue weighted by Crippen LogP contribution is -2.11. The molecule has 0 aliphatic carbocycles. The topological polar surface area (TPSA) is 85.2 Å². The third-order valence-electron chi connectivity index (χ3n) is 2.32. The highest BCUT2D eigenvalue weighted by Gasteiger charge is 2.08. The van der Waals surface area contributed by atoms with Gasteiger partial charge in [-0.05, 0) is 24.3 Å². The molecule has 0 spiro atoms. The molecule has 0 atom stereocenters. The largest absolute Gasteiger partial charge is 0.485 e. The third-order valence-corrected chi connectivity index (χ3v) is 2.32. The van der Waals surface area contributed by atoms with Crippen LogP contribution >= 0.6 is 0 Å². The molecule has 0 radical (unpaired) electrons. The van der Waals surface area contributed by atoms with E-state index in [9.17, 15) is 14.9 Å². The van der Waals surface area contributed by atoms with Gasteiger partial charge >= 0.3 is 0 Å². The van der Waals surface area contributed by atoms with Crippen molar-refractivity contribution in [1.29, 1.82) is 0 Å². The van der Waals surface area contributed by atoms with Crippen LogP contribution in [0.2, 0.25) is 0 Å². The Labute approximate surface area is 102 Å². The van der Waals surface area contributed by atoms with Crippen molar-refractivity contribution in [1.82, 2.24) is 4.98 Å². The van der Waals surface area contributed by atoms with Crippen LogP contribution in [0, 0.1) is 10.1 Å². The number of H-pyrrole nitrogens is 1. The Bertz CT molecular complexity index is 546. The first-order valence-corrected chi connectivity index (χ1v) is 5.20. The number of rotatable bonds is 5. The lowest BCUT2D eigenvalue weighted by Gasteiger charge is -2.03. The standard InChI is InChI=1S/C12H10N2O4/c15-12(11-2-1-7-13-11)8-18-10-5-3-9(4-6-10)14(16)17/h1-7,13H,8H2. The molecule has 0 amide bonds. The van der Waals surface area contributed by atoms with Crippen LogP contribution in [0.25, 0.3) is 0 Å². The van der Waals surface area contributed by atoms with E-state index < -0.39 is 4.92 Å². The van der Waals surface area contributed by atoms with Gasteiger partial charge in [0.05, 0.1) is 10.6 Å². The number of benzene rings is 1. The van der Waals surface area contributed by atoms with Gasteiger partial charge in [0.15, 0.2) is 6.61 Å². The molecule has 6 heteroatoms. The van der Waals surface area contributed by atoms with Crippen LogP contribution in [0.15, 0.2) is 42.6 Å². The number of carbonyl (C=O) groups is 1. The van der Waals surface area contributed by atoms with E-state index in [0.29, 0.717) is 11.4 Å². The van der Waals surface area contributed by atoms with Crippen molar-refractivity contribution >= 4 is 11.5 Å². The summed E-state index contributed by atoms with van der Waals surface area (Å²) >= 11 is 0. The van der Waals surface area contributed by atoms with Gasteiger partial charge in [-0.25, -0.2) is 0 Å². The predicted molar refractivity (Wildman–Crippen MR) is 63.7 cm³/mol. The van der Waals surface area contributed by atoms with E-state index in [2.05, 4.69) is 4.98 Å². The van der Waals surface area contributed by atoms with E-state index in [1.54, 1.807) is 18.3 Å². The number of nitro groups is 1. The van der Waals surface area contributed by atoms with E-state index >= 15 is 0 Å². The van der Waals surface area contributed by atoms with Gasteiger partial charge in [0, 0.05) is 18.3 Å². The lowest BCUT2D eigenvalue weighted by atomic mass is 10.3. The van der Waals surface area contributed by atoms with Crippen molar-refractivity contribution in [3.63, 3.8) is 0 Å². The quantitative estimate of drug-likeness (QED) is 0.497. The maximum absolute atomic E-state index is 11.6. The highest BCUT2D eigenvalue weighted by molar-refractivity contribution is 5.95. The minimum atomic E-state index is -0.492. The van der Waals surface area contributed by atoms with Gasteiger partial charge in [-0.3, -0.25) is 14.9 Å². The number of nitro benzene ring substituents is 1. The SMILES string of the molecule is O=C(COc1ccc([N+](=O)[O-])cc1)c1ccc[nH]1. The number of hydrogen-bond acceptors (Lipinski definition) is 4. The first kappa shape index (κ1) is 11.8. The molecule has 6 nitrogen and oxygen atoms in total. The summed E-state index contributed by atoms with van der Waals surface area (Å²) in [5.41, 5.74) is 0.454. The summed E-state index contributed by atoms with van der Waals surface area (Å²) in [4.78, 5) is 24.3. The normalized spacial score (nSPS) is 10.0. The fourth-order valence-electron chi connectivity index (χ4n) is 1.39. The smallest absolute Gasteiger partial charge is 0.269 e. The number of Topliss-reactive ketones (excluding diaryl/α,β-unsaturated/α-hetero) is 1. The molecule has 0 aliphatic heterocycles. The summed E-state index contributed by atoms with van der Waals surface area (Å²) in [7, 11) is 0. The molecule has 0 fully saturated rings. The third kappa shape index (κ3) is 2.73. The van der Waals surface area contributed by atoms with Crippen molar-refractivity contribution < 1.29 is 14.5 Å². The van der Waals surface area contributed by atoms with E-state index in [1.165, 1.54) is 24.3 Å². The molecule has 0 unspecified atom stereocenters. The number of nitrogens with zero attached hydrogens (tertiary/aromatic N) is 1. The molecule has 1 N–H and O–H groups in total. The Morgan fingerprint density at radius 1 is 1.28 bits per heavy atom. The van der Waals surface area contributed by atoms with E-state index in [1.807, 2.05) is 0 Å². The summed E-state index contributed by atoms with van der Waals surface area (Å²) in [5.74, 6) is 0.235. The Kier molecular flexibility index (Phi) is 3.38. The number of nitrogens with one attached hydrogen (secondary N) is 1. The van der Waals surface area contributed by atoms with E-state index in [0.717, 1.165) is 0 Å². The van der Waals surface area contributed by atoms with Crippen LogP contribution in [0.1, 0.15) is 10.5 Å². The summed E-state index contributed by atoms with van der Waals surface area (Å²) in [6, 6.07) is 8.95. The maximum atomic E-state index is 11.6. The maximum Gasteiger partial charge on any atom is 0.269 e. The molecular formula is C12H10N2O4. The number of aromatic nitrogens is 1. The van der Waals surface area contributed by atoms with Crippen LogP contribution in [0.3, 0.4) is 0 Å². The Morgan fingerprint density at radius 2 is 2.00 bits per heavy atom. The minimum absolute atomic E-state index is 0.0157. The molecule has 2 rings (SSSR count). The first-order valence-electron chi connectivity index (χ1n) is 5.20. The van der Waals surface area contributed by atoms with Crippen LogP contribution in [0.4, 0.5) is 5.69 Å². The Morgan fingerprint density at radius 3 is 2.56 bits per heavy atom. The van der Waals surface area contributed by atoms with Gasteiger partial charge in [0.2, 0.25) is 5.78 Å². The van der Waals surface area contributed by atoms with Gasteiger partial charge in [-0.1, -0.05) is 0 Å². The average Bonchev–Trinajstić information content (AvgIpc) is 2.90. The number of aromatic amines is 1. The molecule has 0 saturated carbocycles. The highest BCUT2D eigenvalue weighted by atomic mass is 16.6. The monoisotopic (exact) mass is 246 g/mol. The second-order valence-corrected chi connectivity index (χ2v) is 3.55. The van der Waals surface area contributed by atoms with Crippen molar-refractivity contribution in [3.05, 3.63) is 58.4 Å².